The summed E-state index contributed by atoms with van der Waals surface area (Å²) in [5.74, 6) is 0. The molecule has 1 unspecified atom stereocenters. The van der Waals surface area contributed by atoms with Gasteiger partial charge in [-0.1, -0.05) is 22.9 Å². The summed E-state index contributed by atoms with van der Waals surface area (Å²) < 4.78 is 43.5. The summed E-state index contributed by atoms with van der Waals surface area (Å²) in [7, 11) is 1.55. The molecule has 0 aromatic carbocycles. The Morgan fingerprint density at radius 1 is 1.48 bits per heavy atom. The van der Waals surface area contributed by atoms with Crippen LogP contribution in [0.2, 0.25) is 5.15 Å². The van der Waals surface area contributed by atoms with E-state index in [0.29, 0.717) is 22.3 Å². The molecule has 1 N–H and O–H groups in total. The van der Waals surface area contributed by atoms with Crippen molar-refractivity contribution in [1.29, 1.82) is 0 Å². The first-order valence-electron chi connectivity index (χ1n) is 7.41. The van der Waals surface area contributed by atoms with E-state index in [9.17, 15) is 18.0 Å². The number of ether oxygens (including phenoxy) is 1. The van der Waals surface area contributed by atoms with E-state index < -0.39 is 24.7 Å². The third kappa shape index (κ3) is 4.15. The van der Waals surface area contributed by atoms with Crippen molar-refractivity contribution in [2.45, 2.75) is 38.2 Å². The summed E-state index contributed by atoms with van der Waals surface area (Å²) in [5.41, 5.74) is 0.516. The number of fused-ring (bicyclic) bond motifs is 1. The summed E-state index contributed by atoms with van der Waals surface area (Å²) in [6.07, 6.45) is -5.33. The van der Waals surface area contributed by atoms with Crippen LogP contribution in [0.5, 0.6) is 0 Å². The van der Waals surface area contributed by atoms with Gasteiger partial charge in [0.25, 0.3) is 0 Å². The van der Waals surface area contributed by atoms with Gasteiger partial charge in [-0.15, -0.1) is 0 Å². The first-order chi connectivity index (χ1) is 11.8. The fraction of sp³-hybridized carbons (Fsp3) is 0.615. The quantitative estimate of drug-likeness (QED) is 0.813. The molecule has 0 radical (unpaired) electrons. The summed E-state index contributed by atoms with van der Waals surface area (Å²) >= 11 is 7.43. The highest BCUT2D eigenvalue weighted by Crippen LogP contribution is 2.26. The van der Waals surface area contributed by atoms with Gasteiger partial charge in [0.2, 0.25) is 4.96 Å². The number of aromatic nitrogens is 3. The van der Waals surface area contributed by atoms with Crippen molar-refractivity contribution in [2.24, 2.45) is 0 Å². The van der Waals surface area contributed by atoms with Crippen molar-refractivity contribution in [1.82, 2.24) is 24.8 Å². The summed E-state index contributed by atoms with van der Waals surface area (Å²) in [6.45, 7) is 0.618. The Morgan fingerprint density at radius 3 is 2.92 bits per heavy atom. The van der Waals surface area contributed by atoms with Crippen molar-refractivity contribution in [3.8, 4) is 0 Å². The molecule has 1 atom stereocenters. The van der Waals surface area contributed by atoms with Crippen LogP contribution in [0, 0.1) is 0 Å². The van der Waals surface area contributed by atoms with Crippen molar-refractivity contribution < 1.29 is 22.7 Å². The number of halogens is 4. The second kappa shape index (κ2) is 6.96. The minimum atomic E-state index is -4.24. The van der Waals surface area contributed by atoms with Gasteiger partial charge in [0.05, 0.1) is 13.2 Å². The van der Waals surface area contributed by atoms with Crippen LogP contribution in [0.4, 0.5) is 18.0 Å². The van der Waals surface area contributed by atoms with Crippen LogP contribution < -0.4 is 5.32 Å². The molecule has 12 heteroatoms. The molecule has 3 rings (SSSR count). The highest BCUT2D eigenvalue weighted by atomic mass is 35.5. The average molecular weight is 398 g/mol. The lowest BCUT2D eigenvalue weighted by Gasteiger charge is -2.14. The minimum absolute atomic E-state index is 0.116. The number of amides is 2. The Labute approximate surface area is 149 Å². The fourth-order valence-corrected chi connectivity index (χ4v) is 3.75. The number of carbonyl (C=O) groups is 1. The lowest BCUT2D eigenvalue weighted by molar-refractivity contribution is -0.136. The molecule has 138 valence electrons. The second-order valence-corrected chi connectivity index (χ2v) is 7.05. The Morgan fingerprint density at radius 2 is 2.24 bits per heavy atom. The number of hydrogen-bond donors (Lipinski definition) is 1. The van der Waals surface area contributed by atoms with Crippen LogP contribution in [0.25, 0.3) is 4.96 Å². The second-order valence-electron chi connectivity index (χ2n) is 5.65. The van der Waals surface area contributed by atoms with Crippen molar-refractivity contribution >= 4 is 33.9 Å². The maximum absolute atomic E-state index is 12.3. The molecule has 3 heterocycles. The molecule has 0 spiro atoms. The van der Waals surface area contributed by atoms with E-state index >= 15 is 0 Å². The third-order valence-corrected chi connectivity index (χ3v) is 4.91. The molecule has 2 aromatic heterocycles. The van der Waals surface area contributed by atoms with Gasteiger partial charge in [0, 0.05) is 26.1 Å². The Hall–Kier alpha value is -1.59. The molecule has 2 amide bonds. The Kier molecular flexibility index (Phi) is 5.07. The Balaban J connectivity index is 1.70. The minimum Gasteiger partial charge on any atom is -0.377 e. The van der Waals surface area contributed by atoms with Crippen LogP contribution in [-0.2, 0) is 17.9 Å². The number of methoxy groups -OCH3 is 1. The Bertz CT molecular complexity index is 778. The molecule has 7 nitrogen and oxygen atoms in total. The SMILES string of the molecule is COCc1nn2c(CN3CC(CCC(F)(F)F)NC3=O)c(Cl)nc2s1. The number of imidazole rings is 1. The monoisotopic (exact) mass is 397 g/mol. The maximum atomic E-state index is 12.3. The van der Waals surface area contributed by atoms with E-state index in [1.54, 1.807) is 7.11 Å². The standard InChI is InChI=1S/C13H15ClF3N5O2S/c1-24-6-9-20-22-8(10(14)19-12(22)25-9)5-21-4-7(18-11(21)23)2-3-13(15,16)17/h7H,2-6H2,1H3,(H,18,23). The van der Waals surface area contributed by atoms with E-state index in [1.165, 1.54) is 20.8 Å². The summed E-state index contributed by atoms with van der Waals surface area (Å²) in [4.78, 5) is 18.2. The number of urea groups is 1. The zero-order valence-electron chi connectivity index (χ0n) is 13.1. The van der Waals surface area contributed by atoms with Gasteiger partial charge in [0.15, 0.2) is 5.15 Å². The van der Waals surface area contributed by atoms with Crippen LogP contribution in [0.1, 0.15) is 23.5 Å². The molecule has 1 fully saturated rings. The topological polar surface area (TPSA) is 71.8 Å². The van der Waals surface area contributed by atoms with Gasteiger partial charge < -0.3 is 15.0 Å². The van der Waals surface area contributed by atoms with E-state index in [1.807, 2.05) is 0 Å². The first-order valence-corrected chi connectivity index (χ1v) is 8.60. The third-order valence-electron chi connectivity index (χ3n) is 3.73. The summed E-state index contributed by atoms with van der Waals surface area (Å²) in [5, 5.41) is 7.81. The number of carbonyl (C=O) groups excluding carboxylic acids is 1. The van der Waals surface area contributed by atoms with Gasteiger partial charge >= 0.3 is 12.2 Å². The normalized spacial score (nSPS) is 18.4. The molecule has 2 aromatic rings. The molecule has 25 heavy (non-hydrogen) atoms. The first kappa shape index (κ1) is 18.2. The smallest absolute Gasteiger partial charge is 0.377 e. The number of nitrogens with one attached hydrogen (secondary N) is 1. The van der Waals surface area contributed by atoms with E-state index in [4.69, 9.17) is 16.3 Å². The van der Waals surface area contributed by atoms with Gasteiger partial charge in [0.1, 0.15) is 10.7 Å². The van der Waals surface area contributed by atoms with Gasteiger partial charge in [-0.2, -0.15) is 18.3 Å². The highest BCUT2D eigenvalue weighted by Gasteiger charge is 2.34. The van der Waals surface area contributed by atoms with Crippen LogP contribution in [0.15, 0.2) is 0 Å². The average Bonchev–Trinajstić information content (AvgIpc) is 3.13. The lowest BCUT2D eigenvalue weighted by atomic mass is 10.1. The maximum Gasteiger partial charge on any atom is 0.389 e. The van der Waals surface area contributed by atoms with E-state index in [2.05, 4.69) is 15.4 Å². The fourth-order valence-electron chi connectivity index (χ4n) is 2.60. The number of alkyl halides is 3. The molecule has 0 saturated carbocycles. The van der Waals surface area contributed by atoms with Crippen molar-refractivity contribution in [2.75, 3.05) is 13.7 Å². The molecule has 1 saturated heterocycles. The van der Waals surface area contributed by atoms with Gasteiger partial charge in [-0.05, 0) is 6.42 Å². The van der Waals surface area contributed by atoms with Crippen LogP contribution in [0.3, 0.4) is 0 Å². The molecule has 1 aliphatic rings. The molecule has 0 bridgehead atoms. The van der Waals surface area contributed by atoms with E-state index in [0.717, 1.165) is 0 Å². The van der Waals surface area contributed by atoms with Crippen LogP contribution in [-0.4, -0.2) is 51.4 Å². The predicted molar refractivity (Wildman–Crippen MR) is 84.6 cm³/mol. The van der Waals surface area contributed by atoms with Gasteiger partial charge in [-0.25, -0.2) is 14.3 Å². The molecule has 1 aliphatic heterocycles. The van der Waals surface area contributed by atoms with Crippen molar-refractivity contribution in [3.05, 3.63) is 15.9 Å². The summed E-state index contributed by atoms with van der Waals surface area (Å²) in [6, 6.07) is -0.971. The van der Waals surface area contributed by atoms with Crippen molar-refractivity contribution in [3.63, 3.8) is 0 Å². The number of rotatable bonds is 6. The zero-order valence-corrected chi connectivity index (χ0v) is 14.7. The van der Waals surface area contributed by atoms with Gasteiger partial charge in [-0.3, -0.25) is 0 Å². The number of nitrogens with zero attached hydrogens (tertiary/aromatic N) is 4. The lowest BCUT2D eigenvalue weighted by Crippen LogP contribution is -2.29. The largest absolute Gasteiger partial charge is 0.389 e. The highest BCUT2D eigenvalue weighted by molar-refractivity contribution is 7.16. The van der Waals surface area contributed by atoms with Crippen LogP contribution >= 0.6 is 22.9 Å². The van der Waals surface area contributed by atoms with E-state index in [-0.39, 0.29) is 24.7 Å². The zero-order chi connectivity index (χ0) is 18.2. The molecular weight excluding hydrogens is 383 g/mol. The molecule has 0 aliphatic carbocycles. The number of hydrogen-bond acceptors (Lipinski definition) is 5. The predicted octanol–water partition coefficient (Wildman–Crippen LogP) is 2.83. The molecular formula is C13H15ClF3N5O2S.